The van der Waals surface area contributed by atoms with Crippen molar-refractivity contribution in [1.82, 2.24) is 4.90 Å². The first-order chi connectivity index (χ1) is 13.7. The third kappa shape index (κ3) is 3.87. The second kappa shape index (κ2) is 7.84. The topological polar surface area (TPSA) is 153 Å². The van der Waals surface area contributed by atoms with Crippen molar-refractivity contribution >= 4 is 23.5 Å². The third-order valence-electron chi connectivity index (χ3n) is 4.92. The molecule has 0 bridgehead atoms. The number of ether oxygens (including phenoxy) is 1. The van der Waals surface area contributed by atoms with Crippen LogP contribution in [0.4, 0.5) is 5.69 Å². The highest BCUT2D eigenvalue weighted by atomic mass is 16.6. The molecule has 1 saturated heterocycles. The van der Waals surface area contributed by atoms with E-state index in [1.54, 1.807) is 0 Å². The van der Waals surface area contributed by atoms with Crippen LogP contribution in [0.3, 0.4) is 0 Å². The molecule has 3 rings (SSSR count). The zero-order chi connectivity index (χ0) is 21.3. The average Bonchev–Trinajstić information content (AvgIpc) is 2.98. The van der Waals surface area contributed by atoms with E-state index in [4.69, 9.17) is 10.5 Å². The Labute approximate surface area is 165 Å². The van der Waals surface area contributed by atoms with Crippen LogP contribution in [0.25, 0.3) is 0 Å². The van der Waals surface area contributed by atoms with Crippen LogP contribution in [0, 0.1) is 16.0 Å². The Hall–Kier alpha value is -3.53. The number of esters is 1. The van der Waals surface area contributed by atoms with Crippen molar-refractivity contribution < 1.29 is 29.2 Å². The van der Waals surface area contributed by atoms with Crippen LogP contribution in [0.1, 0.15) is 18.9 Å². The van der Waals surface area contributed by atoms with Crippen LogP contribution in [0.15, 0.2) is 47.7 Å². The first-order valence-corrected chi connectivity index (χ1v) is 8.83. The molecule has 0 aromatic heterocycles. The molecule has 2 amide bonds. The van der Waals surface area contributed by atoms with Gasteiger partial charge in [0.05, 0.1) is 23.0 Å². The van der Waals surface area contributed by atoms with Crippen LogP contribution >= 0.6 is 0 Å². The van der Waals surface area contributed by atoms with Crippen LogP contribution < -0.4 is 5.73 Å². The van der Waals surface area contributed by atoms with Crippen molar-refractivity contribution in [1.29, 1.82) is 0 Å². The molecular formula is C19H19N3O7. The highest BCUT2D eigenvalue weighted by Gasteiger charge is 2.56. The normalized spacial score (nSPS) is 21.7. The lowest BCUT2D eigenvalue weighted by molar-refractivity contribution is -0.384. The van der Waals surface area contributed by atoms with Gasteiger partial charge in [-0.05, 0) is 36.6 Å². The summed E-state index contributed by atoms with van der Waals surface area (Å²) in [5.41, 5.74) is 5.99. The van der Waals surface area contributed by atoms with E-state index >= 15 is 0 Å². The number of nitro groups is 1. The van der Waals surface area contributed by atoms with E-state index in [1.807, 2.05) is 0 Å². The highest BCUT2D eigenvalue weighted by molar-refractivity contribution is 6.01. The largest absolute Gasteiger partial charge is 0.456 e. The van der Waals surface area contributed by atoms with Gasteiger partial charge in [-0.1, -0.05) is 6.08 Å². The van der Waals surface area contributed by atoms with Gasteiger partial charge in [-0.3, -0.25) is 19.7 Å². The zero-order valence-corrected chi connectivity index (χ0v) is 15.5. The number of non-ortho nitro benzene ring substituents is 1. The summed E-state index contributed by atoms with van der Waals surface area (Å²) >= 11 is 0. The van der Waals surface area contributed by atoms with Gasteiger partial charge in [0.15, 0.2) is 0 Å². The van der Waals surface area contributed by atoms with Gasteiger partial charge in [0.2, 0.25) is 11.8 Å². The number of hydrogen-bond donors (Lipinski definition) is 2. The minimum Gasteiger partial charge on any atom is -0.456 e. The SMILES string of the molecule is C[C@@H](O)[C@H]1C(=O)N2C(C(=O)OCc3ccc([N+](=O)[O-])cc3)=C(C=CC(N)=O)C[C@H]12. The molecule has 0 unspecified atom stereocenters. The Morgan fingerprint density at radius 1 is 1.41 bits per heavy atom. The molecule has 3 N–H and O–H groups in total. The summed E-state index contributed by atoms with van der Waals surface area (Å²) in [6, 6.07) is 5.12. The second-order valence-corrected chi connectivity index (χ2v) is 6.86. The summed E-state index contributed by atoms with van der Waals surface area (Å²) in [6.07, 6.45) is 1.87. The first-order valence-electron chi connectivity index (χ1n) is 8.83. The number of aliphatic hydroxyl groups excluding tert-OH is 1. The Balaban J connectivity index is 1.78. The fourth-order valence-electron chi connectivity index (χ4n) is 3.56. The Bertz CT molecular complexity index is 934. The molecule has 2 aliphatic rings. The van der Waals surface area contributed by atoms with Crippen molar-refractivity contribution in [3.05, 3.63) is 63.4 Å². The maximum atomic E-state index is 12.7. The molecule has 0 radical (unpaired) electrons. The molecule has 1 aromatic carbocycles. The number of carbonyl (C=O) groups is 3. The fourth-order valence-corrected chi connectivity index (χ4v) is 3.56. The van der Waals surface area contributed by atoms with E-state index in [0.717, 1.165) is 6.08 Å². The van der Waals surface area contributed by atoms with Gasteiger partial charge in [0.1, 0.15) is 12.3 Å². The lowest BCUT2D eigenvalue weighted by atomic mass is 9.83. The van der Waals surface area contributed by atoms with Crippen LogP contribution in [0.5, 0.6) is 0 Å². The maximum absolute atomic E-state index is 12.7. The molecule has 2 aliphatic heterocycles. The molecule has 152 valence electrons. The molecule has 0 saturated carbocycles. The number of aliphatic hydroxyl groups is 1. The van der Waals surface area contributed by atoms with E-state index in [0.29, 0.717) is 11.1 Å². The van der Waals surface area contributed by atoms with Crippen molar-refractivity contribution in [3.8, 4) is 0 Å². The molecule has 0 spiro atoms. The summed E-state index contributed by atoms with van der Waals surface area (Å²) in [5, 5.41) is 20.5. The average molecular weight is 401 g/mol. The second-order valence-electron chi connectivity index (χ2n) is 6.86. The van der Waals surface area contributed by atoms with Gasteiger partial charge in [-0.2, -0.15) is 0 Å². The molecule has 1 aromatic rings. The highest BCUT2D eigenvalue weighted by Crippen LogP contribution is 2.44. The van der Waals surface area contributed by atoms with Crippen molar-refractivity contribution in [2.75, 3.05) is 0 Å². The fraction of sp³-hybridized carbons (Fsp3) is 0.316. The lowest BCUT2D eigenvalue weighted by Crippen LogP contribution is -2.61. The van der Waals surface area contributed by atoms with Gasteiger partial charge in [-0.25, -0.2) is 4.79 Å². The number of nitrogens with two attached hydrogens (primary N) is 1. The summed E-state index contributed by atoms with van der Waals surface area (Å²) in [4.78, 5) is 47.6. The van der Waals surface area contributed by atoms with Crippen molar-refractivity contribution in [3.63, 3.8) is 0 Å². The molecule has 2 heterocycles. The smallest absolute Gasteiger partial charge is 0.355 e. The summed E-state index contributed by atoms with van der Waals surface area (Å²) in [7, 11) is 0. The minimum absolute atomic E-state index is 0.0105. The maximum Gasteiger partial charge on any atom is 0.355 e. The quantitative estimate of drug-likeness (QED) is 0.222. The number of amides is 2. The number of β-lactam (4-membered cyclic amide) rings is 1. The number of nitrogens with zero attached hydrogens (tertiary/aromatic N) is 2. The minimum atomic E-state index is -0.874. The molecule has 29 heavy (non-hydrogen) atoms. The van der Waals surface area contributed by atoms with E-state index in [-0.39, 0.29) is 24.4 Å². The van der Waals surface area contributed by atoms with E-state index in [1.165, 1.54) is 42.2 Å². The van der Waals surface area contributed by atoms with E-state index < -0.39 is 40.8 Å². The van der Waals surface area contributed by atoms with Gasteiger partial charge >= 0.3 is 5.97 Å². The Morgan fingerprint density at radius 2 is 2.07 bits per heavy atom. The molecule has 0 aliphatic carbocycles. The van der Waals surface area contributed by atoms with Gasteiger partial charge in [-0.15, -0.1) is 0 Å². The molecule has 10 nitrogen and oxygen atoms in total. The van der Waals surface area contributed by atoms with Crippen LogP contribution in [-0.2, 0) is 25.7 Å². The summed E-state index contributed by atoms with van der Waals surface area (Å²) < 4.78 is 5.27. The monoisotopic (exact) mass is 401 g/mol. The van der Waals surface area contributed by atoms with Gasteiger partial charge < -0.3 is 20.5 Å². The molecular weight excluding hydrogens is 382 g/mol. The predicted octanol–water partition coefficient (Wildman–Crippen LogP) is 0.545. The first kappa shape index (κ1) is 20.2. The number of benzene rings is 1. The number of nitro benzene ring substituents is 1. The molecule has 10 heteroatoms. The summed E-state index contributed by atoms with van der Waals surface area (Å²) in [6.45, 7) is 1.35. The Kier molecular flexibility index (Phi) is 5.46. The number of allylic oxidation sites excluding steroid dienone is 1. The lowest BCUT2D eigenvalue weighted by Gasteiger charge is -2.44. The van der Waals surface area contributed by atoms with Crippen molar-refractivity contribution in [2.24, 2.45) is 11.7 Å². The summed E-state index contributed by atoms with van der Waals surface area (Å²) in [5.74, 6) is -2.50. The number of hydrogen-bond acceptors (Lipinski definition) is 7. The molecule has 3 atom stereocenters. The van der Waals surface area contributed by atoms with Crippen molar-refractivity contribution in [2.45, 2.75) is 32.1 Å². The number of carbonyl (C=O) groups excluding carboxylic acids is 3. The van der Waals surface area contributed by atoms with Crippen LogP contribution in [0.2, 0.25) is 0 Å². The number of primary amides is 1. The van der Waals surface area contributed by atoms with Gasteiger partial charge in [0, 0.05) is 18.2 Å². The van der Waals surface area contributed by atoms with E-state index in [9.17, 15) is 29.6 Å². The van der Waals surface area contributed by atoms with E-state index in [2.05, 4.69) is 0 Å². The number of rotatable bonds is 7. The third-order valence-corrected chi connectivity index (χ3v) is 4.92. The van der Waals surface area contributed by atoms with Crippen LogP contribution in [-0.4, -0.2) is 44.9 Å². The Morgan fingerprint density at radius 3 is 2.62 bits per heavy atom. The molecule has 1 fully saturated rings. The standard InChI is InChI=1S/C19H19N3O7/c1-10(23)16-14-8-12(4-7-15(20)24)17(21(14)18(16)25)19(26)29-9-11-2-5-13(6-3-11)22(27)28/h2-7,10,14,16,23H,8-9H2,1H3,(H2,20,24)/t10-,14-,16-/m1/s1. The number of fused-ring (bicyclic) bond motifs is 1. The zero-order valence-electron chi connectivity index (χ0n) is 15.5. The van der Waals surface area contributed by atoms with Gasteiger partial charge in [0.25, 0.3) is 5.69 Å². The predicted molar refractivity (Wildman–Crippen MR) is 98.7 cm³/mol.